The zero-order valence-electron chi connectivity index (χ0n) is 20.9. The number of allylic oxidation sites excluding steroid dienone is 2. The monoisotopic (exact) mass is 501 g/mol. The van der Waals surface area contributed by atoms with Crippen LogP contribution < -0.4 is 14.4 Å². The maximum Gasteiger partial charge on any atom is 0.238 e. The summed E-state index contributed by atoms with van der Waals surface area (Å²) in [5, 5.41) is 0. The number of amides is 2. The van der Waals surface area contributed by atoms with Crippen LogP contribution in [-0.2, 0) is 9.59 Å². The largest absolute Gasteiger partial charge is 0.497 e. The highest BCUT2D eigenvalue weighted by Gasteiger charge is 2.55. The van der Waals surface area contributed by atoms with Crippen molar-refractivity contribution in [2.75, 3.05) is 12.0 Å². The van der Waals surface area contributed by atoms with Crippen LogP contribution >= 0.6 is 0 Å². The summed E-state index contributed by atoms with van der Waals surface area (Å²) in [5.74, 6) is 0.311. The molecule has 0 unspecified atom stereocenters. The first-order chi connectivity index (χ1) is 18.6. The van der Waals surface area contributed by atoms with Crippen LogP contribution in [0.15, 0.2) is 121 Å². The summed E-state index contributed by atoms with van der Waals surface area (Å²) in [7, 11) is 1.61. The van der Waals surface area contributed by atoms with Crippen LogP contribution in [0.5, 0.6) is 17.2 Å². The molecule has 1 aliphatic heterocycles. The minimum absolute atomic E-state index is 0.166. The molecule has 1 aliphatic carbocycles. The third-order valence-electron chi connectivity index (χ3n) is 7.44. The first-order valence-electron chi connectivity index (χ1n) is 12.7. The molecule has 188 valence electrons. The highest BCUT2D eigenvalue weighted by molar-refractivity contribution is 6.23. The Kier molecular flexibility index (Phi) is 6.26. The highest BCUT2D eigenvalue weighted by Crippen LogP contribution is 2.50. The zero-order valence-corrected chi connectivity index (χ0v) is 20.9. The second-order valence-electron chi connectivity index (χ2n) is 9.60. The molecule has 0 spiro atoms. The molecule has 0 aromatic heterocycles. The minimum atomic E-state index is -0.479. The summed E-state index contributed by atoms with van der Waals surface area (Å²) in [6.07, 6.45) is 4.21. The number of ether oxygens (including phenoxy) is 2. The quantitative estimate of drug-likeness (QED) is 0.217. The molecule has 5 nitrogen and oxygen atoms in total. The maximum atomic E-state index is 14.0. The van der Waals surface area contributed by atoms with Crippen molar-refractivity contribution in [2.24, 2.45) is 11.8 Å². The number of carbonyl (C=O) groups excluding carboxylic acids is 2. The van der Waals surface area contributed by atoms with Gasteiger partial charge < -0.3 is 9.47 Å². The van der Waals surface area contributed by atoms with Gasteiger partial charge in [0.05, 0.1) is 24.6 Å². The molecule has 0 N–H and O–H groups in total. The molecule has 1 saturated heterocycles. The fraction of sp³-hybridized carbons (Fsp3) is 0.152. The predicted molar refractivity (Wildman–Crippen MR) is 146 cm³/mol. The maximum absolute atomic E-state index is 14.0. The molecule has 2 amide bonds. The molecule has 1 fully saturated rings. The molecule has 6 rings (SSSR count). The summed E-state index contributed by atoms with van der Waals surface area (Å²) in [5.41, 5.74) is 2.62. The van der Waals surface area contributed by atoms with Crippen molar-refractivity contribution >= 4 is 17.5 Å². The van der Waals surface area contributed by atoms with E-state index in [2.05, 4.69) is 12.2 Å². The third kappa shape index (κ3) is 4.26. The average molecular weight is 502 g/mol. The molecule has 38 heavy (non-hydrogen) atoms. The van der Waals surface area contributed by atoms with Gasteiger partial charge >= 0.3 is 0 Å². The molecule has 4 atom stereocenters. The average Bonchev–Trinajstić information content (AvgIpc) is 3.24. The van der Waals surface area contributed by atoms with E-state index in [-0.39, 0.29) is 23.7 Å². The van der Waals surface area contributed by atoms with Gasteiger partial charge in [-0.05, 0) is 47.5 Å². The second-order valence-corrected chi connectivity index (χ2v) is 9.60. The number of benzene rings is 4. The van der Waals surface area contributed by atoms with Gasteiger partial charge in [0.1, 0.15) is 17.2 Å². The zero-order chi connectivity index (χ0) is 26.1. The molecule has 4 aromatic rings. The van der Waals surface area contributed by atoms with Gasteiger partial charge in [0, 0.05) is 17.9 Å². The van der Waals surface area contributed by atoms with Gasteiger partial charge in [-0.15, -0.1) is 0 Å². The summed E-state index contributed by atoms with van der Waals surface area (Å²) < 4.78 is 11.2. The van der Waals surface area contributed by atoms with Crippen LogP contribution in [0.1, 0.15) is 23.0 Å². The third-order valence-corrected chi connectivity index (χ3v) is 7.44. The van der Waals surface area contributed by atoms with Crippen LogP contribution in [0.2, 0.25) is 0 Å². The number of rotatable bonds is 6. The van der Waals surface area contributed by atoms with Crippen molar-refractivity contribution in [2.45, 2.75) is 11.8 Å². The van der Waals surface area contributed by atoms with E-state index in [0.717, 1.165) is 11.1 Å². The smallest absolute Gasteiger partial charge is 0.238 e. The van der Waals surface area contributed by atoms with Gasteiger partial charge in [0.15, 0.2) is 0 Å². The highest BCUT2D eigenvalue weighted by atomic mass is 16.5. The van der Waals surface area contributed by atoms with E-state index in [9.17, 15) is 9.59 Å². The Balaban J connectivity index is 1.33. The molecule has 0 saturated carbocycles. The number of methoxy groups -OCH3 is 1. The molecule has 0 radical (unpaired) electrons. The van der Waals surface area contributed by atoms with Gasteiger partial charge in [-0.1, -0.05) is 78.9 Å². The Morgan fingerprint density at radius 2 is 1.11 bits per heavy atom. The number of hydrogen-bond acceptors (Lipinski definition) is 4. The van der Waals surface area contributed by atoms with Crippen LogP contribution in [0.4, 0.5) is 5.69 Å². The number of imide groups is 1. The Hall–Kier alpha value is -4.64. The Labute approximate surface area is 221 Å². The first kappa shape index (κ1) is 23.7. The van der Waals surface area contributed by atoms with Gasteiger partial charge in [-0.2, -0.15) is 0 Å². The van der Waals surface area contributed by atoms with Crippen molar-refractivity contribution in [1.82, 2.24) is 0 Å². The normalized spacial score (nSPS) is 22.3. The van der Waals surface area contributed by atoms with Gasteiger partial charge in [0.25, 0.3) is 0 Å². The lowest BCUT2D eigenvalue weighted by Gasteiger charge is -2.32. The van der Waals surface area contributed by atoms with Crippen LogP contribution in [-0.4, -0.2) is 18.9 Å². The van der Waals surface area contributed by atoms with Crippen LogP contribution in [0, 0.1) is 11.8 Å². The van der Waals surface area contributed by atoms with Crippen molar-refractivity contribution in [3.63, 3.8) is 0 Å². The predicted octanol–water partition coefficient (Wildman–Crippen LogP) is 6.73. The first-order valence-corrected chi connectivity index (χ1v) is 12.7. The molecular weight excluding hydrogens is 474 g/mol. The lowest BCUT2D eigenvalue weighted by Crippen LogP contribution is -2.31. The summed E-state index contributed by atoms with van der Waals surface area (Å²) in [6, 6.07) is 34.4. The van der Waals surface area contributed by atoms with E-state index >= 15 is 0 Å². The molecule has 4 aromatic carbocycles. The number of hydrogen-bond donors (Lipinski definition) is 0. The fourth-order valence-corrected chi connectivity index (χ4v) is 5.65. The SMILES string of the molecule is COc1cccc(Oc2ccc(N3C(=O)[C@@H]4[C@H](C3=O)[C@H](c3ccccc3)C=C[C@@H]4c3ccccc3)cc2)c1. The number of nitrogens with zero attached hydrogens (tertiary/aromatic N) is 1. The van der Waals surface area contributed by atoms with E-state index in [4.69, 9.17) is 9.47 Å². The number of fused-ring (bicyclic) bond motifs is 1. The molecule has 5 heteroatoms. The van der Waals surface area contributed by atoms with Gasteiger partial charge in [0.2, 0.25) is 11.8 Å². The van der Waals surface area contributed by atoms with Gasteiger partial charge in [-0.25, -0.2) is 4.90 Å². The Morgan fingerprint density at radius 1 is 0.579 bits per heavy atom. The number of carbonyl (C=O) groups is 2. The standard InChI is InChI=1S/C33H27NO4/c1-37-26-13-8-14-27(21-26)38-25-17-15-24(16-18-25)34-32(35)30-28(22-9-4-2-5-10-22)19-20-29(31(30)33(34)36)23-11-6-3-7-12-23/h2-21,28-31H,1H3/t28-,29+,30+,31-. The molecule has 2 aliphatic rings. The molecule has 0 bridgehead atoms. The van der Waals surface area contributed by atoms with Crippen LogP contribution in [0.25, 0.3) is 0 Å². The Bertz CT molecular complexity index is 1410. The number of anilines is 1. The minimum Gasteiger partial charge on any atom is -0.497 e. The summed E-state index contributed by atoms with van der Waals surface area (Å²) in [6.45, 7) is 0. The Morgan fingerprint density at radius 3 is 1.63 bits per heavy atom. The topological polar surface area (TPSA) is 55.8 Å². The van der Waals surface area contributed by atoms with E-state index < -0.39 is 11.8 Å². The lowest BCUT2D eigenvalue weighted by atomic mass is 9.68. The van der Waals surface area contributed by atoms with E-state index in [1.165, 1.54) is 4.90 Å². The van der Waals surface area contributed by atoms with E-state index in [1.54, 1.807) is 37.4 Å². The second kappa shape index (κ2) is 10.0. The van der Waals surface area contributed by atoms with E-state index in [1.807, 2.05) is 78.9 Å². The van der Waals surface area contributed by atoms with Crippen molar-refractivity contribution < 1.29 is 19.1 Å². The van der Waals surface area contributed by atoms with Gasteiger partial charge in [-0.3, -0.25) is 9.59 Å². The van der Waals surface area contributed by atoms with Crippen molar-refractivity contribution in [1.29, 1.82) is 0 Å². The summed E-state index contributed by atoms with van der Waals surface area (Å²) in [4.78, 5) is 29.3. The molecule has 1 heterocycles. The summed E-state index contributed by atoms with van der Waals surface area (Å²) >= 11 is 0. The lowest BCUT2D eigenvalue weighted by molar-refractivity contribution is -0.122. The van der Waals surface area contributed by atoms with Crippen molar-refractivity contribution in [3.05, 3.63) is 132 Å². The van der Waals surface area contributed by atoms with E-state index in [0.29, 0.717) is 22.9 Å². The van der Waals surface area contributed by atoms with Crippen molar-refractivity contribution in [3.8, 4) is 17.2 Å². The molecular formula is C33H27NO4. The van der Waals surface area contributed by atoms with Crippen LogP contribution in [0.3, 0.4) is 0 Å². The fourth-order valence-electron chi connectivity index (χ4n) is 5.65.